The van der Waals surface area contributed by atoms with Gasteiger partial charge in [0.1, 0.15) is 24.2 Å². The summed E-state index contributed by atoms with van der Waals surface area (Å²) in [5, 5.41) is 7.49. The van der Waals surface area contributed by atoms with E-state index in [1.165, 1.54) is 0 Å². The van der Waals surface area contributed by atoms with E-state index in [2.05, 4.69) is 28.2 Å². The van der Waals surface area contributed by atoms with Crippen LogP contribution < -0.4 is 0 Å². The van der Waals surface area contributed by atoms with Crippen molar-refractivity contribution in [3.63, 3.8) is 0 Å². The first kappa shape index (κ1) is 12.5. The van der Waals surface area contributed by atoms with Crippen LogP contribution in [0.15, 0.2) is 43.0 Å². The zero-order valence-corrected chi connectivity index (χ0v) is 11.2. The Hall–Kier alpha value is -2.50. The maximum Gasteiger partial charge on any atom is 0.273 e. The molecule has 0 bridgehead atoms. The molecule has 1 aliphatic heterocycles. The van der Waals surface area contributed by atoms with Gasteiger partial charge in [-0.1, -0.05) is 25.1 Å². The molecule has 0 aliphatic carbocycles. The van der Waals surface area contributed by atoms with Crippen molar-refractivity contribution in [1.82, 2.24) is 24.6 Å². The number of nitrogens with zero attached hydrogens (tertiary/aromatic N) is 5. The van der Waals surface area contributed by atoms with E-state index in [9.17, 15) is 4.79 Å². The van der Waals surface area contributed by atoms with Crippen LogP contribution in [0.4, 0.5) is 0 Å². The molecule has 102 valence electrons. The summed E-state index contributed by atoms with van der Waals surface area (Å²) in [7, 11) is 0. The first-order valence-electron chi connectivity index (χ1n) is 6.59. The molecule has 0 saturated heterocycles. The van der Waals surface area contributed by atoms with E-state index in [0.29, 0.717) is 18.1 Å². The Morgan fingerprint density at radius 2 is 2.15 bits per heavy atom. The van der Waals surface area contributed by atoms with Crippen LogP contribution in [0.1, 0.15) is 23.8 Å². The van der Waals surface area contributed by atoms with Crippen LogP contribution in [0.2, 0.25) is 0 Å². The van der Waals surface area contributed by atoms with Gasteiger partial charge in [-0.15, -0.1) is 10.2 Å². The number of carbonyl (C=O) groups is 1. The van der Waals surface area contributed by atoms with E-state index in [1.807, 2.05) is 23.1 Å². The lowest BCUT2D eigenvalue weighted by Crippen LogP contribution is -2.36. The fourth-order valence-corrected chi connectivity index (χ4v) is 2.31. The zero-order valence-electron chi connectivity index (χ0n) is 11.2. The Morgan fingerprint density at radius 1 is 1.35 bits per heavy atom. The van der Waals surface area contributed by atoms with E-state index in [1.54, 1.807) is 23.3 Å². The van der Waals surface area contributed by atoms with Gasteiger partial charge < -0.3 is 4.90 Å². The molecule has 1 aliphatic rings. The fourth-order valence-electron chi connectivity index (χ4n) is 2.31. The van der Waals surface area contributed by atoms with Crippen molar-refractivity contribution in [3.05, 3.63) is 48.7 Å². The maximum atomic E-state index is 12.5. The summed E-state index contributed by atoms with van der Waals surface area (Å²) in [4.78, 5) is 18.7. The Kier molecular flexibility index (Phi) is 3.28. The average molecular weight is 269 g/mol. The van der Waals surface area contributed by atoms with E-state index in [-0.39, 0.29) is 11.9 Å². The van der Waals surface area contributed by atoms with Crippen molar-refractivity contribution in [3.8, 4) is 5.82 Å². The molecular formula is C14H15N5O. The lowest BCUT2D eigenvalue weighted by atomic mass is 10.2. The molecule has 20 heavy (non-hydrogen) atoms. The third kappa shape index (κ3) is 2.20. The van der Waals surface area contributed by atoms with Crippen LogP contribution in [-0.4, -0.2) is 43.1 Å². The second kappa shape index (κ2) is 5.24. The largest absolute Gasteiger partial charge is 0.327 e. The molecule has 3 rings (SSSR count). The highest BCUT2D eigenvalue weighted by Gasteiger charge is 2.25. The summed E-state index contributed by atoms with van der Waals surface area (Å²) < 4.78 is 1.68. The minimum absolute atomic E-state index is 0.0447. The molecule has 0 N–H and O–H groups in total. The number of amides is 1. The average Bonchev–Trinajstić information content (AvgIpc) is 3.17. The number of aromatic nitrogens is 4. The Labute approximate surface area is 116 Å². The smallest absolute Gasteiger partial charge is 0.273 e. The third-order valence-electron chi connectivity index (χ3n) is 3.38. The van der Waals surface area contributed by atoms with Crippen LogP contribution >= 0.6 is 0 Å². The Balaban J connectivity index is 1.87. The molecule has 0 radical (unpaired) electrons. The van der Waals surface area contributed by atoms with E-state index in [0.717, 1.165) is 6.42 Å². The van der Waals surface area contributed by atoms with E-state index < -0.39 is 0 Å². The summed E-state index contributed by atoms with van der Waals surface area (Å²) in [6.45, 7) is 2.72. The quantitative estimate of drug-likeness (QED) is 0.791. The van der Waals surface area contributed by atoms with Gasteiger partial charge >= 0.3 is 0 Å². The second-order valence-electron chi connectivity index (χ2n) is 4.61. The maximum absolute atomic E-state index is 12.5. The van der Waals surface area contributed by atoms with Gasteiger partial charge in [-0.25, -0.2) is 4.98 Å². The monoisotopic (exact) mass is 269 g/mol. The molecule has 0 unspecified atom stereocenters. The second-order valence-corrected chi connectivity index (χ2v) is 4.61. The van der Waals surface area contributed by atoms with Crippen LogP contribution in [-0.2, 0) is 0 Å². The first-order chi connectivity index (χ1) is 9.79. The molecule has 6 heteroatoms. The van der Waals surface area contributed by atoms with Crippen molar-refractivity contribution in [2.75, 3.05) is 6.54 Å². The van der Waals surface area contributed by atoms with Gasteiger partial charge in [0.25, 0.3) is 5.91 Å². The molecular weight excluding hydrogens is 254 g/mol. The molecule has 6 nitrogen and oxygen atoms in total. The third-order valence-corrected chi connectivity index (χ3v) is 3.38. The van der Waals surface area contributed by atoms with Crippen LogP contribution in [0.5, 0.6) is 0 Å². The molecule has 2 aromatic rings. The van der Waals surface area contributed by atoms with Crippen LogP contribution in [0.25, 0.3) is 5.82 Å². The number of pyridine rings is 1. The summed E-state index contributed by atoms with van der Waals surface area (Å²) in [5.74, 6) is 0.595. The number of hydrogen-bond donors (Lipinski definition) is 0. The minimum atomic E-state index is -0.0447. The number of hydrogen-bond acceptors (Lipinski definition) is 4. The standard InChI is InChI=1S/C14H15N5O/c1-2-11-5-4-8-19(11)14(20)12-6-3-7-13(17-12)18-9-15-16-10-18/h3-7,9-11H,2,8H2,1H3/t11-/m0/s1. The SMILES string of the molecule is CC[C@H]1C=CCN1C(=O)c1cccc(-n2cnnc2)n1. The van der Waals surface area contributed by atoms with Gasteiger partial charge in [0.2, 0.25) is 0 Å². The Morgan fingerprint density at radius 3 is 2.90 bits per heavy atom. The highest BCUT2D eigenvalue weighted by molar-refractivity contribution is 5.93. The normalized spacial score (nSPS) is 17.6. The Bertz CT molecular complexity index is 635. The molecule has 1 amide bonds. The molecule has 0 spiro atoms. The highest BCUT2D eigenvalue weighted by Crippen LogP contribution is 2.16. The molecule has 0 fully saturated rings. The van der Waals surface area contributed by atoms with Gasteiger partial charge in [0, 0.05) is 6.54 Å². The summed E-state index contributed by atoms with van der Waals surface area (Å²) in [6, 6.07) is 5.55. The van der Waals surface area contributed by atoms with Crippen LogP contribution in [0.3, 0.4) is 0 Å². The van der Waals surface area contributed by atoms with Crippen molar-refractivity contribution >= 4 is 5.91 Å². The van der Waals surface area contributed by atoms with Gasteiger partial charge in [0.15, 0.2) is 0 Å². The van der Waals surface area contributed by atoms with E-state index in [4.69, 9.17) is 0 Å². The van der Waals surface area contributed by atoms with Gasteiger partial charge in [-0.05, 0) is 18.6 Å². The number of rotatable bonds is 3. The van der Waals surface area contributed by atoms with Crippen molar-refractivity contribution in [1.29, 1.82) is 0 Å². The van der Waals surface area contributed by atoms with Crippen molar-refractivity contribution in [2.45, 2.75) is 19.4 Å². The predicted molar refractivity (Wildman–Crippen MR) is 73.4 cm³/mol. The lowest BCUT2D eigenvalue weighted by molar-refractivity contribution is 0.0741. The van der Waals surface area contributed by atoms with Crippen molar-refractivity contribution < 1.29 is 4.79 Å². The summed E-state index contributed by atoms with van der Waals surface area (Å²) in [6.07, 6.45) is 8.12. The highest BCUT2D eigenvalue weighted by atomic mass is 16.2. The summed E-state index contributed by atoms with van der Waals surface area (Å²) >= 11 is 0. The van der Waals surface area contributed by atoms with E-state index >= 15 is 0 Å². The molecule has 1 atom stereocenters. The first-order valence-corrected chi connectivity index (χ1v) is 6.59. The molecule has 0 saturated carbocycles. The fraction of sp³-hybridized carbons (Fsp3) is 0.286. The number of carbonyl (C=O) groups excluding carboxylic acids is 1. The van der Waals surface area contributed by atoms with Gasteiger partial charge in [-0.2, -0.15) is 0 Å². The molecule has 0 aromatic carbocycles. The van der Waals surface area contributed by atoms with Gasteiger partial charge in [0.05, 0.1) is 6.04 Å². The van der Waals surface area contributed by atoms with Crippen LogP contribution in [0, 0.1) is 0 Å². The predicted octanol–water partition coefficient (Wildman–Crippen LogP) is 1.45. The van der Waals surface area contributed by atoms with Gasteiger partial charge in [-0.3, -0.25) is 9.36 Å². The lowest BCUT2D eigenvalue weighted by Gasteiger charge is -2.23. The molecule has 2 aromatic heterocycles. The zero-order chi connectivity index (χ0) is 13.9. The minimum Gasteiger partial charge on any atom is -0.327 e. The summed E-state index contributed by atoms with van der Waals surface area (Å²) in [5.41, 5.74) is 0.443. The van der Waals surface area contributed by atoms with Crippen molar-refractivity contribution in [2.24, 2.45) is 0 Å². The molecule has 3 heterocycles. The topological polar surface area (TPSA) is 63.9 Å².